The van der Waals surface area contributed by atoms with Gasteiger partial charge in [0.1, 0.15) is 0 Å². The zero-order valence-corrected chi connectivity index (χ0v) is 8.63. The largest absolute Gasteiger partial charge is 0.446 e. The van der Waals surface area contributed by atoms with E-state index in [-0.39, 0.29) is 5.78 Å². The van der Waals surface area contributed by atoms with E-state index in [9.17, 15) is 4.79 Å². The molecule has 0 fully saturated rings. The maximum absolute atomic E-state index is 11.3. The lowest BCUT2D eigenvalue weighted by molar-refractivity contribution is 0.0952. The van der Waals surface area contributed by atoms with Crippen LogP contribution >= 0.6 is 15.9 Å². The maximum atomic E-state index is 11.3. The molecule has 0 amide bonds. The highest BCUT2D eigenvalue weighted by Crippen LogP contribution is 2.16. The summed E-state index contributed by atoms with van der Waals surface area (Å²) in [6, 6.07) is 3.36. The SMILES string of the molecule is C#CCCCC(=O)c1ccc(Br)o1. The fourth-order valence-electron chi connectivity index (χ4n) is 0.938. The van der Waals surface area contributed by atoms with Crippen molar-refractivity contribution in [2.24, 2.45) is 0 Å². The second kappa shape index (κ2) is 4.88. The number of carbonyl (C=O) groups excluding carboxylic acids is 1. The molecule has 13 heavy (non-hydrogen) atoms. The molecule has 0 aliphatic heterocycles. The van der Waals surface area contributed by atoms with Crippen molar-refractivity contribution >= 4 is 21.7 Å². The zero-order chi connectivity index (χ0) is 9.68. The van der Waals surface area contributed by atoms with Gasteiger partial charge >= 0.3 is 0 Å². The second-order valence-electron chi connectivity index (χ2n) is 2.58. The van der Waals surface area contributed by atoms with Crippen LogP contribution in [0.5, 0.6) is 0 Å². The Morgan fingerprint density at radius 3 is 2.92 bits per heavy atom. The van der Waals surface area contributed by atoms with Gasteiger partial charge in [-0.3, -0.25) is 4.79 Å². The van der Waals surface area contributed by atoms with Gasteiger partial charge in [-0.25, -0.2) is 0 Å². The number of hydrogen-bond donors (Lipinski definition) is 0. The summed E-state index contributed by atoms with van der Waals surface area (Å²) in [6.07, 6.45) is 6.86. The second-order valence-corrected chi connectivity index (χ2v) is 3.37. The standard InChI is InChI=1S/C10H9BrO2/c1-2-3-4-5-8(12)9-6-7-10(11)13-9/h1,6-7H,3-5H2. The number of rotatable bonds is 4. The third-order valence-corrected chi connectivity index (χ3v) is 2.00. The van der Waals surface area contributed by atoms with E-state index < -0.39 is 0 Å². The van der Waals surface area contributed by atoms with Crippen LogP contribution in [0.3, 0.4) is 0 Å². The monoisotopic (exact) mass is 240 g/mol. The lowest BCUT2D eigenvalue weighted by atomic mass is 10.1. The van der Waals surface area contributed by atoms with Crippen LogP contribution in [0, 0.1) is 12.3 Å². The van der Waals surface area contributed by atoms with E-state index in [2.05, 4.69) is 21.9 Å². The minimum atomic E-state index is 0.000880. The van der Waals surface area contributed by atoms with Gasteiger partial charge in [-0.1, -0.05) is 0 Å². The number of halogens is 1. The average molecular weight is 241 g/mol. The topological polar surface area (TPSA) is 30.2 Å². The fourth-order valence-corrected chi connectivity index (χ4v) is 1.24. The van der Waals surface area contributed by atoms with Crippen molar-refractivity contribution < 1.29 is 9.21 Å². The molecule has 0 aliphatic rings. The highest BCUT2D eigenvalue weighted by Gasteiger charge is 2.09. The van der Waals surface area contributed by atoms with Gasteiger partial charge in [0.2, 0.25) is 0 Å². The molecule has 0 atom stereocenters. The summed E-state index contributed by atoms with van der Waals surface area (Å²) in [6.45, 7) is 0. The maximum Gasteiger partial charge on any atom is 0.198 e. The van der Waals surface area contributed by atoms with E-state index in [0.717, 1.165) is 0 Å². The van der Waals surface area contributed by atoms with Gasteiger partial charge in [0.25, 0.3) is 0 Å². The molecule has 2 nitrogen and oxygen atoms in total. The molecule has 0 bridgehead atoms. The van der Waals surface area contributed by atoms with Crippen LogP contribution in [0.4, 0.5) is 0 Å². The molecule has 0 unspecified atom stereocenters. The van der Waals surface area contributed by atoms with Crippen LogP contribution < -0.4 is 0 Å². The Morgan fingerprint density at radius 2 is 2.38 bits per heavy atom. The molecule has 0 spiro atoms. The summed E-state index contributed by atoms with van der Waals surface area (Å²) in [4.78, 5) is 11.3. The lowest BCUT2D eigenvalue weighted by Gasteiger charge is -1.93. The quantitative estimate of drug-likeness (QED) is 0.460. The third kappa shape index (κ3) is 3.08. The molecular formula is C10H9BrO2. The van der Waals surface area contributed by atoms with E-state index in [4.69, 9.17) is 10.8 Å². The first-order chi connectivity index (χ1) is 6.24. The van der Waals surface area contributed by atoms with E-state index >= 15 is 0 Å². The van der Waals surface area contributed by atoms with Crippen LogP contribution in [0.1, 0.15) is 29.8 Å². The number of Topliss-reactive ketones (excluding diaryl/α,β-unsaturated/α-hetero) is 1. The first-order valence-corrected chi connectivity index (χ1v) is 4.75. The van der Waals surface area contributed by atoms with Gasteiger partial charge in [0, 0.05) is 12.8 Å². The molecule has 0 radical (unpaired) electrons. The molecule has 3 heteroatoms. The van der Waals surface area contributed by atoms with Gasteiger partial charge in [0.05, 0.1) is 0 Å². The molecule has 1 heterocycles. The zero-order valence-electron chi connectivity index (χ0n) is 7.05. The summed E-state index contributed by atoms with van der Waals surface area (Å²) >= 11 is 3.13. The Morgan fingerprint density at radius 1 is 1.62 bits per heavy atom. The molecule has 68 valence electrons. The highest BCUT2D eigenvalue weighted by atomic mass is 79.9. The Labute approximate surface area is 85.4 Å². The molecule has 0 saturated carbocycles. The number of unbranched alkanes of at least 4 members (excludes halogenated alkanes) is 1. The Kier molecular flexibility index (Phi) is 3.78. The Balaban J connectivity index is 2.45. The van der Waals surface area contributed by atoms with Crippen LogP contribution in [0.15, 0.2) is 21.2 Å². The first-order valence-electron chi connectivity index (χ1n) is 3.96. The average Bonchev–Trinajstić information content (AvgIpc) is 2.52. The highest BCUT2D eigenvalue weighted by molar-refractivity contribution is 9.10. The van der Waals surface area contributed by atoms with Gasteiger partial charge in [-0.2, -0.15) is 0 Å². The molecule has 0 aromatic carbocycles. The fraction of sp³-hybridized carbons (Fsp3) is 0.300. The number of ketones is 1. The molecule has 0 saturated heterocycles. The number of hydrogen-bond acceptors (Lipinski definition) is 2. The predicted molar refractivity (Wildman–Crippen MR) is 53.4 cm³/mol. The predicted octanol–water partition coefficient (Wildman–Crippen LogP) is 3.03. The molecule has 1 aromatic heterocycles. The smallest absolute Gasteiger partial charge is 0.198 e. The van der Waals surface area contributed by atoms with Crippen molar-refractivity contribution in [3.8, 4) is 12.3 Å². The van der Waals surface area contributed by atoms with Crippen molar-refractivity contribution in [2.75, 3.05) is 0 Å². The summed E-state index contributed by atoms with van der Waals surface area (Å²) in [5.41, 5.74) is 0. The first kappa shape index (κ1) is 10.1. The van der Waals surface area contributed by atoms with Gasteiger partial charge in [0.15, 0.2) is 16.2 Å². The van der Waals surface area contributed by atoms with Gasteiger partial charge in [-0.15, -0.1) is 12.3 Å². The van der Waals surface area contributed by atoms with Crippen molar-refractivity contribution in [3.05, 3.63) is 22.6 Å². The van der Waals surface area contributed by atoms with Crippen molar-refractivity contribution in [1.29, 1.82) is 0 Å². The summed E-state index contributed by atoms with van der Waals surface area (Å²) in [5, 5.41) is 0. The number of terminal acetylenes is 1. The van der Waals surface area contributed by atoms with Gasteiger partial charge < -0.3 is 4.42 Å². The van der Waals surface area contributed by atoms with Crippen molar-refractivity contribution in [3.63, 3.8) is 0 Å². The summed E-state index contributed by atoms with van der Waals surface area (Å²) in [7, 11) is 0. The lowest BCUT2D eigenvalue weighted by Crippen LogP contribution is -1.95. The van der Waals surface area contributed by atoms with E-state index in [1.807, 2.05) is 0 Å². The molecular weight excluding hydrogens is 232 g/mol. The van der Waals surface area contributed by atoms with Crippen molar-refractivity contribution in [1.82, 2.24) is 0 Å². The third-order valence-electron chi connectivity index (χ3n) is 1.57. The molecule has 1 rings (SSSR count). The summed E-state index contributed by atoms with van der Waals surface area (Å²) < 4.78 is 5.67. The Hall–Kier alpha value is -1.01. The normalized spacial score (nSPS) is 9.54. The minimum Gasteiger partial charge on any atom is -0.446 e. The molecule has 0 N–H and O–H groups in total. The van der Waals surface area contributed by atoms with E-state index in [1.165, 1.54) is 0 Å². The Bertz CT molecular complexity index is 333. The van der Waals surface area contributed by atoms with Crippen LogP contribution in [-0.4, -0.2) is 5.78 Å². The minimum absolute atomic E-state index is 0.000880. The van der Waals surface area contributed by atoms with Crippen molar-refractivity contribution in [2.45, 2.75) is 19.3 Å². The van der Waals surface area contributed by atoms with Crippen LogP contribution in [0.25, 0.3) is 0 Å². The van der Waals surface area contributed by atoms with E-state index in [1.54, 1.807) is 12.1 Å². The summed E-state index contributed by atoms with van der Waals surface area (Å²) in [5.74, 6) is 2.88. The van der Waals surface area contributed by atoms with E-state index in [0.29, 0.717) is 29.7 Å². The van der Waals surface area contributed by atoms with Gasteiger partial charge in [-0.05, 0) is 34.5 Å². The number of furan rings is 1. The van der Waals surface area contributed by atoms with Crippen LogP contribution in [-0.2, 0) is 0 Å². The molecule has 1 aromatic rings. The van der Waals surface area contributed by atoms with Crippen LogP contribution in [0.2, 0.25) is 0 Å². The number of carbonyl (C=O) groups is 1. The molecule has 0 aliphatic carbocycles.